The third-order valence-electron chi connectivity index (χ3n) is 5.04. The molecule has 1 aromatic heterocycles. The zero-order valence-electron chi connectivity index (χ0n) is 14.8. The van der Waals surface area contributed by atoms with Crippen molar-refractivity contribution in [2.24, 2.45) is 0 Å². The smallest absolute Gasteiger partial charge is 0.346 e. The van der Waals surface area contributed by atoms with Crippen LogP contribution in [-0.2, 0) is 22.4 Å². The first kappa shape index (κ1) is 16.6. The van der Waals surface area contributed by atoms with Gasteiger partial charge in [0.1, 0.15) is 11.3 Å². The minimum Gasteiger partial charge on any atom is -0.478 e. The average Bonchev–Trinajstić information content (AvgIpc) is 2.67. The van der Waals surface area contributed by atoms with Crippen LogP contribution in [0.25, 0.3) is 21.7 Å². The Bertz CT molecular complexity index is 1060. The zero-order valence-corrected chi connectivity index (χ0v) is 14.8. The molecule has 5 nitrogen and oxygen atoms in total. The van der Waals surface area contributed by atoms with Crippen LogP contribution >= 0.6 is 0 Å². The summed E-state index contributed by atoms with van der Waals surface area (Å²) in [7, 11) is 1.33. The standard InChI is InChI=1S/C21H20O5/c1-12(20(22)24-2)25-18-9-5-8-15-14(18)10-11-16-13-6-3-4-7-17(13)21(23)26-19(15)16/h5,8-12H,3-4,6-7H2,1-2H3/t12-/m1/s1. The van der Waals surface area contributed by atoms with Gasteiger partial charge in [0.25, 0.3) is 0 Å². The van der Waals surface area contributed by atoms with E-state index in [1.54, 1.807) is 13.0 Å². The van der Waals surface area contributed by atoms with Crippen molar-refractivity contribution < 1.29 is 18.7 Å². The molecule has 5 heteroatoms. The minimum atomic E-state index is -0.725. The molecule has 0 spiro atoms. The number of carbonyl (C=O) groups is 1. The second-order valence-electron chi connectivity index (χ2n) is 6.63. The SMILES string of the molecule is COC(=O)[C@@H](C)Oc1cccc2c1ccc1c3c(c(=O)oc12)CCCC3. The second-order valence-corrected chi connectivity index (χ2v) is 6.63. The third-order valence-corrected chi connectivity index (χ3v) is 5.04. The summed E-state index contributed by atoms with van der Waals surface area (Å²) < 4.78 is 16.2. The molecule has 4 rings (SSSR count). The first-order valence-corrected chi connectivity index (χ1v) is 8.85. The Labute approximate surface area is 150 Å². The van der Waals surface area contributed by atoms with Crippen molar-refractivity contribution in [1.29, 1.82) is 0 Å². The Morgan fingerprint density at radius 1 is 1.04 bits per heavy atom. The monoisotopic (exact) mass is 352 g/mol. The van der Waals surface area contributed by atoms with Crippen molar-refractivity contribution in [2.45, 2.75) is 38.7 Å². The maximum absolute atomic E-state index is 12.5. The number of methoxy groups -OCH3 is 1. The molecule has 0 N–H and O–H groups in total. The van der Waals surface area contributed by atoms with Gasteiger partial charge >= 0.3 is 11.6 Å². The van der Waals surface area contributed by atoms with Crippen LogP contribution in [0, 0.1) is 0 Å². The summed E-state index contributed by atoms with van der Waals surface area (Å²) in [5.74, 6) is 0.117. The van der Waals surface area contributed by atoms with E-state index in [1.165, 1.54) is 7.11 Å². The summed E-state index contributed by atoms with van der Waals surface area (Å²) in [5.41, 5.74) is 2.27. The summed E-state index contributed by atoms with van der Waals surface area (Å²) in [6.45, 7) is 1.64. The maximum atomic E-state index is 12.5. The highest BCUT2D eigenvalue weighted by Crippen LogP contribution is 2.35. The van der Waals surface area contributed by atoms with Crippen LogP contribution in [-0.4, -0.2) is 19.2 Å². The fraction of sp³-hybridized carbons (Fsp3) is 0.333. The molecule has 1 heterocycles. The van der Waals surface area contributed by atoms with Gasteiger partial charge in [-0.3, -0.25) is 0 Å². The van der Waals surface area contributed by atoms with Gasteiger partial charge < -0.3 is 13.9 Å². The van der Waals surface area contributed by atoms with Crippen LogP contribution in [0.3, 0.4) is 0 Å². The molecule has 1 aliphatic rings. The average molecular weight is 352 g/mol. The Kier molecular flexibility index (Phi) is 4.15. The van der Waals surface area contributed by atoms with Crippen molar-refractivity contribution in [3.05, 3.63) is 51.9 Å². The molecular formula is C21H20O5. The molecule has 0 saturated carbocycles. The van der Waals surface area contributed by atoms with E-state index in [1.807, 2.05) is 24.3 Å². The largest absolute Gasteiger partial charge is 0.478 e. The molecule has 0 amide bonds. The molecular weight excluding hydrogens is 332 g/mol. The normalized spacial score (nSPS) is 14.8. The number of hydrogen-bond acceptors (Lipinski definition) is 5. The second kappa shape index (κ2) is 6.48. The molecule has 1 aliphatic carbocycles. The number of ether oxygens (including phenoxy) is 2. The molecule has 0 aliphatic heterocycles. The Balaban J connectivity index is 1.92. The number of fused-ring (bicyclic) bond motifs is 5. The van der Waals surface area contributed by atoms with E-state index in [4.69, 9.17) is 13.9 Å². The molecule has 0 fully saturated rings. The molecule has 0 unspecified atom stereocenters. The van der Waals surface area contributed by atoms with Gasteiger partial charge in [0.05, 0.1) is 7.11 Å². The van der Waals surface area contributed by atoms with E-state index in [9.17, 15) is 9.59 Å². The predicted molar refractivity (Wildman–Crippen MR) is 98.7 cm³/mol. The van der Waals surface area contributed by atoms with Gasteiger partial charge in [0, 0.05) is 21.7 Å². The van der Waals surface area contributed by atoms with E-state index >= 15 is 0 Å². The summed E-state index contributed by atoms with van der Waals surface area (Å²) in [6.07, 6.45) is 3.07. The van der Waals surface area contributed by atoms with Crippen LogP contribution in [0.15, 0.2) is 39.5 Å². The lowest BCUT2D eigenvalue weighted by Crippen LogP contribution is -2.24. The number of esters is 1. The maximum Gasteiger partial charge on any atom is 0.346 e. The van der Waals surface area contributed by atoms with Crippen molar-refractivity contribution in [2.75, 3.05) is 7.11 Å². The zero-order chi connectivity index (χ0) is 18.3. The lowest BCUT2D eigenvalue weighted by Gasteiger charge is -2.18. The fourth-order valence-electron chi connectivity index (χ4n) is 3.74. The first-order chi connectivity index (χ1) is 12.6. The van der Waals surface area contributed by atoms with Gasteiger partial charge in [-0.15, -0.1) is 0 Å². The Morgan fingerprint density at radius 2 is 1.77 bits per heavy atom. The van der Waals surface area contributed by atoms with E-state index in [0.29, 0.717) is 11.3 Å². The summed E-state index contributed by atoms with van der Waals surface area (Å²) in [6, 6.07) is 9.49. The first-order valence-electron chi connectivity index (χ1n) is 8.85. The Morgan fingerprint density at radius 3 is 2.54 bits per heavy atom. The van der Waals surface area contributed by atoms with Crippen molar-refractivity contribution in [3.8, 4) is 5.75 Å². The van der Waals surface area contributed by atoms with Crippen LogP contribution in [0.5, 0.6) is 5.75 Å². The molecule has 0 bridgehead atoms. The molecule has 134 valence electrons. The quantitative estimate of drug-likeness (QED) is 0.408. The molecule has 3 aromatic rings. The van der Waals surface area contributed by atoms with Gasteiger partial charge in [0.15, 0.2) is 6.10 Å². The van der Waals surface area contributed by atoms with E-state index in [2.05, 4.69) is 0 Å². The minimum absolute atomic E-state index is 0.242. The van der Waals surface area contributed by atoms with Crippen LogP contribution in [0.4, 0.5) is 0 Å². The predicted octanol–water partition coefficient (Wildman–Crippen LogP) is 3.77. The number of rotatable bonds is 3. The molecule has 26 heavy (non-hydrogen) atoms. The molecule has 0 radical (unpaired) electrons. The fourth-order valence-corrected chi connectivity index (χ4v) is 3.74. The van der Waals surface area contributed by atoms with Crippen LogP contribution < -0.4 is 10.4 Å². The lowest BCUT2D eigenvalue weighted by atomic mass is 9.90. The van der Waals surface area contributed by atoms with Gasteiger partial charge in [-0.05, 0) is 50.3 Å². The highest BCUT2D eigenvalue weighted by Gasteiger charge is 2.21. The van der Waals surface area contributed by atoms with Gasteiger partial charge in [0.2, 0.25) is 0 Å². The molecule has 0 saturated heterocycles. The van der Waals surface area contributed by atoms with Crippen molar-refractivity contribution in [1.82, 2.24) is 0 Å². The Hall–Kier alpha value is -2.82. The lowest BCUT2D eigenvalue weighted by molar-refractivity contribution is -0.147. The molecule has 2 aromatic carbocycles. The summed E-state index contributed by atoms with van der Waals surface area (Å²) >= 11 is 0. The van der Waals surface area contributed by atoms with Crippen molar-refractivity contribution in [3.63, 3.8) is 0 Å². The van der Waals surface area contributed by atoms with Gasteiger partial charge in [-0.25, -0.2) is 9.59 Å². The number of carbonyl (C=O) groups excluding carboxylic acids is 1. The van der Waals surface area contributed by atoms with Crippen LogP contribution in [0.1, 0.15) is 30.9 Å². The topological polar surface area (TPSA) is 65.7 Å². The third kappa shape index (κ3) is 2.64. The highest BCUT2D eigenvalue weighted by atomic mass is 16.6. The summed E-state index contributed by atoms with van der Waals surface area (Å²) in [5, 5.41) is 2.60. The van der Waals surface area contributed by atoms with E-state index < -0.39 is 12.1 Å². The van der Waals surface area contributed by atoms with Crippen molar-refractivity contribution >= 4 is 27.7 Å². The number of hydrogen-bond donors (Lipinski definition) is 0. The van der Waals surface area contributed by atoms with E-state index in [0.717, 1.165) is 53.0 Å². The van der Waals surface area contributed by atoms with Crippen LogP contribution in [0.2, 0.25) is 0 Å². The van der Waals surface area contributed by atoms with Gasteiger partial charge in [-0.2, -0.15) is 0 Å². The van der Waals surface area contributed by atoms with Gasteiger partial charge in [-0.1, -0.05) is 18.2 Å². The van der Waals surface area contributed by atoms with E-state index in [-0.39, 0.29) is 5.63 Å². The molecule has 1 atom stereocenters. The number of aryl methyl sites for hydroxylation is 1. The number of benzene rings is 2. The highest BCUT2D eigenvalue weighted by molar-refractivity contribution is 6.07. The summed E-state index contributed by atoms with van der Waals surface area (Å²) in [4.78, 5) is 24.1.